The zero-order valence-corrected chi connectivity index (χ0v) is 8.86. The van der Waals surface area contributed by atoms with Gasteiger partial charge in [-0.05, 0) is 24.3 Å². The number of nitrogens with zero attached hydrogens (tertiary/aromatic N) is 4. The second-order valence-electron chi connectivity index (χ2n) is 3.83. The fourth-order valence-electron chi connectivity index (χ4n) is 0.980. The second kappa shape index (κ2) is 4.27. The van der Waals surface area contributed by atoms with E-state index in [9.17, 15) is 14.7 Å². The van der Waals surface area contributed by atoms with E-state index in [1.54, 1.807) is 0 Å². The van der Waals surface area contributed by atoms with Crippen molar-refractivity contribution < 1.29 is 15.0 Å². The maximum atomic E-state index is 11.5. The Hall–Kier alpha value is -1.96. The lowest BCUT2D eigenvalue weighted by Gasteiger charge is -2.14. The topological polar surface area (TPSA) is 110 Å². The van der Waals surface area contributed by atoms with Crippen LogP contribution in [0.5, 0.6) is 0 Å². The Balaban J connectivity index is 2.94. The number of tetrazole rings is 1. The first-order valence-corrected chi connectivity index (χ1v) is 4.45. The van der Waals surface area contributed by atoms with Gasteiger partial charge < -0.3 is 10.2 Å². The summed E-state index contributed by atoms with van der Waals surface area (Å²) in [6.07, 6.45) is 1.75. The normalized spacial score (nSPS) is 12.2. The highest BCUT2D eigenvalue weighted by molar-refractivity contribution is 5.82. The number of carbonyl (C=O) groups is 1. The minimum Gasteiger partial charge on any atom is -0.478 e. The standard InChI is InChI=1S/C8H12N4O4/c1-8(2,16)5-12-7(15)11(9-10-12)4-3-6(13)14/h3-4,16H,5H2,1-2H3,(H,13,14)/b4-3+. The number of aliphatic carboxylic acids is 1. The Kier molecular flexibility index (Phi) is 3.23. The Bertz CT molecular complexity index is 465. The summed E-state index contributed by atoms with van der Waals surface area (Å²) in [6.45, 7) is 3.02. The van der Waals surface area contributed by atoms with E-state index in [0.717, 1.165) is 21.6 Å². The zero-order chi connectivity index (χ0) is 12.3. The van der Waals surface area contributed by atoms with E-state index in [0.29, 0.717) is 0 Å². The van der Waals surface area contributed by atoms with Crippen molar-refractivity contribution in [2.24, 2.45) is 0 Å². The minimum atomic E-state index is -1.19. The summed E-state index contributed by atoms with van der Waals surface area (Å²) in [5.41, 5.74) is -1.71. The van der Waals surface area contributed by atoms with Gasteiger partial charge in [0.2, 0.25) is 0 Å². The molecule has 1 aromatic rings. The van der Waals surface area contributed by atoms with E-state index in [-0.39, 0.29) is 6.54 Å². The molecular formula is C8H12N4O4. The summed E-state index contributed by atoms with van der Waals surface area (Å²) in [5, 5.41) is 24.8. The number of carboxylic acids is 1. The largest absolute Gasteiger partial charge is 0.478 e. The van der Waals surface area contributed by atoms with Gasteiger partial charge in [-0.3, -0.25) is 0 Å². The van der Waals surface area contributed by atoms with E-state index in [4.69, 9.17) is 5.11 Å². The van der Waals surface area contributed by atoms with Crippen molar-refractivity contribution >= 4 is 12.2 Å². The van der Waals surface area contributed by atoms with Gasteiger partial charge in [0, 0.05) is 12.3 Å². The van der Waals surface area contributed by atoms with Gasteiger partial charge in [-0.25, -0.2) is 9.59 Å². The summed E-state index contributed by atoms with van der Waals surface area (Å²) >= 11 is 0. The first-order chi connectivity index (χ1) is 7.29. The monoisotopic (exact) mass is 228 g/mol. The molecule has 1 heterocycles. The lowest BCUT2D eigenvalue weighted by Crippen LogP contribution is -2.33. The molecule has 0 amide bonds. The van der Waals surface area contributed by atoms with Crippen molar-refractivity contribution in [3.8, 4) is 0 Å². The molecule has 0 fully saturated rings. The van der Waals surface area contributed by atoms with Crippen LogP contribution in [0.15, 0.2) is 10.9 Å². The fraction of sp³-hybridized carbons (Fsp3) is 0.500. The van der Waals surface area contributed by atoms with Crippen molar-refractivity contribution in [2.45, 2.75) is 26.0 Å². The molecule has 88 valence electrons. The van der Waals surface area contributed by atoms with Crippen LogP contribution in [0.3, 0.4) is 0 Å². The average molecular weight is 228 g/mol. The van der Waals surface area contributed by atoms with Crippen LogP contribution in [0.1, 0.15) is 13.8 Å². The van der Waals surface area contributed by atoms with Crippen LogP contribution < -0.4 is 5.69 Å². The van der Waals surface area contributed by atoms with E-state index in [1.165, 1.54) is 13.8 Å². The molecule has 0 saturated carbocycles. The van der Waals surface area contributed by atoms with E-state index >= 15 is 0 Å². The quantitative estimate of drug-likeness (QED) is 0.624. The van der Waals surface area contributed by atoms with Crippen LogP contribution >= 0.6 is 0 Å². The molecule has 8 nitrogen and oxygen atoms in total. The second-order valence-corrected chi connectivity index (χ2v) is 3.83. The maximum absolute atomic E-state index is 11.5. The van der Waals surface area contributed by atoms with Gasteiger partial charge in [-0.2, -0.15) is 9.36 Å². The molecule has 0 aliphatic rings. The molecule has 1 rings (SSSR count). The molecule has 0 atom stereocenters. The summed E-state index contributed by atoms with van der Waals surface area (Å²) in [6, 6.07) is 0. The van der Waals surface area contributed by atoms with Crippen LogP contribution in [0.2, 0.25) is 0 Å². The number of aliphatic hydroxyl groups is 1. The van der Waals surface area contributed by atoms with Gasteiger partial charge >= 0.3 is 11.7 Å². The predicted octanol–water partition coefficient (Wildman–Crippen LogP) is -1.23. The molecule has 0 saturated heterocycles. The van der Waals surface area contributed by atoms with Crippen molar-refractivity contribution in [2.75, 3.05) is 0 Å². The number of rotatable bonds is 4. The van der Waals surface area contributed by atoms with Gasteiger partial charge in [0.05, 0.1) is 12.1 Å². The number of hydrogen-bond acceptors (Lipinski definition) is 5. The third-order valence-corrected chi connectivity index (χ3v) is 1.56. The van der Waals surface area contributed by atoms with Crippen molar-refractivity contribution in [3.05, 3.63) is 16.6 Å². The molecule has 0 spiro atoms. The Morgan fingerprint density at radius 1 is 1.50 bits per heavy atom. The highest BCUT2D eigenvalue weighted by Crippen LogP contribution is 2.01. The summed E-state index contributed by atoms with van der Waals surface area (Å²) < 4.78 is 1.73. The lowest BCUT2D eigenvalue weighted by atomic mass is 10.1. The van der Waals surface area contributed by atoms with Crippen LogP contribution in [0.25, 0.3) is 6.20 Å². The highest BCUT2D eigenvalue weighted by atomic mass is 16.4. The molecule has 0 bridgehead atoms. The third-order valence-electron chi connectivity index (χ3n) is 1.56. The molecule has 0 aliphatic carbocycles. The number of aromatic nitrogens is 4. The molecule has 0 aromatic carbocycles. The Morgan fingerprint density at radius 2 is 2.12 bits per heavy atom. The van der Waals surface area contributed by atoms with E-state index < -0.39 is 17.3 Å². The van der Waals surface area contributed by atoms with Crippen LogP contribution in [0, 0.1) is 0 Å². The number of hydrogen-bond donors (Lipinski definition) is 2. The third kappa shape index (κ3) is 3.31. The van der Waals surface area contributed by atoms with Gasteiger partial charge in [0.1, 0.15) is 0 Å². The van der Waals surface area contributed by atoms with Crippen LogP contribution in [0.4, 0.5) is 0 Å². The summed E-state index contributed by atoms with van der Waals surface area (Å²) in [4.78, 5) is 21.7. The average Bonchev–Trinajstić information content (AvgIpc) is 2.43. The van der Waals surface area contributed by atoms with E-state index in [1.807, 2.05) is 0 Å². The first-order valence-electron chi connectivity index (χ1n) is 4.45. The summed E-state index contributed by atoms with van der Waals surface area (Å²) in [5.74, 6) is -1.19. The van der Waals surface area contributed by atoms with Crippen LogP contribution in [-0.2, 0) is 11.3 Å². The minimum absolute atomic E-state index is 0.0211. The SMILES string of the molecule is CC(C)(O)Cn1nnn(/C=C/C(=O)O)c1=O. The summed E-state index contributed by atoms with van der Waals surface area (Å²) in [7, 11) is 0. The van der Waals surface area contributed by atoms with Crippen molar-refractivity contribution in [1.29, 1.82) is 0 Å². The lowest BCUT2D eigenvalue weighted by molar-refractivity contribution is -0.131. The highest BCUT2D eigenvalue weighted by Gasteiger charge is 2.17. The van der Waals surface area contributed by atoms with Gasteiger partial charge in [-0.1, -0.05) is 0 Å². The van der Waals surface area contributed by atoms with Gasteiger partial charge in [0.15, 0.2) is 0 Å². The molecule has 0 radical (unpaired) electrons. The molecule has 2 N–H and O–H groups in total. The van der Waals surface area contributed by atoms with Crippen molar-refractivity contribution in [1.82, 2.24) is 19.8 Å². The maximum Gasteiger partial charge on any atom is 0.368 e. The van der Waals surface area contributed by atoms with Crippen LogP contribution in [-0.4, -0.2) is 41.6 Å². The number of carboxylic acid groups (broad SMARTS) is 1. The fourth-order valence-corrected chi connectivity index (χ4v) is 0.980. The van der Waals surface area contributed by atoms with Gasteiger partial charge in [0.25, 0.3) is 0 Å². The predicted molar refractivity (Wildman–Crippen MR) is 53.5 cm³/mol. The molecule has 16 heavy (non-hydrogen) atoms. The Morgan fingerprint density at radius 3 is 2.62 bits per heavy atom. The Labute approximate surface area is 90.4 Å². The molecular weight excluding hydrogens is 216 g/mol. The molecule has 1 aromatic heterocycles. The zero-order valence-electron chi connectivity index (χ0n) is 8.86. The molecule has 0 unspecified atom stereocenters. The molecule has 8 heteroatoms. The van der Waals surface area contributed by atoms with E-state index in [2.05, 4.69) is 10.4 Å². The van der Waals surface area contributed by atoms with Gasteiger partial charge in [-0.15, -0.1) is 0 Å². The first kappa shape index (κ1) is 12.1. The smallest absolute Gasteiger partial charge is 0.368 e. The van der Waals surface area contributed by atoms with Crippen molar-refractivity contribution in [3.63, 3.8) is 0 Å². The molecule has 0 aliphatic heterocycles.